The molecule has 0 unspecified atom stereocenters. The van der Waals surface area contributed by atoms with E-state index < -0.39 is 17.9 Å². The number of pyridine rings is 1. The number of fused-ring (bicyclic) bond motifs is 1. The summed E-state index contributed by atoms with van der Waals surface area (Å²) < 4.78 is 0. The fourth-order valence-electron chi connectivity index (χ4n) is 2.61. The van der Waals surface area contributed by atoms with Gasteiger partial charge in [-0.25, -0.2) is 4.79 Å². The van der Waals surface area contributed by atoms with Crippen molar-refractivity contribution in [2.45, 2.75) is 12.5 Å². The van der Waals surface area contributed by atoms with Gasteiger partial charge in [-0.3, -0.25) is 9.78 Å². The maximum atomic E-state index is 12.6. The molecule has 0 aliphatic heterocycles. The minimum absolute atomic E-state index is 0.0962. The quantitative estimate of drug-likeness (QED) is 0.736. The van der Waals surface area contributed by atoms with E-state index in [1.807, 2.05) is 12.1 Å². The Morgan fingerprint density at radius 1 is 1.08 bits per heavy atom. The number of carboxylic acid groups (broad SMARTS) is 1. The summed E-state index contributed by atoms with van der Waals surface area (Å²) in [5, 5.41) is 13.3. The third-order valence-corrected chi connectivity index (χ3v) is 4.23. The van der Waals surface area contributed by atoms with Gasteiger partial charge in [-0.2, -0.15) is 0 Å². The van der Waals surface area contributed by atoms with E-state index >= 15 is 0 Å². The third-order valence-electron chi connectivity index (χ3n) is 3.86. The molecule has 0 radical (unpaired) electrons. The van der Waals surface area contributed by atoms with E-state index in [2.05, 4.69) is 10.3 Å². The molecule has 0 saturated heterocycles. The Balaban J connectivity index is 1.86. The molecule has 1 aromatic heterocycles. The Morgan fingerprint density at radius 3 is 2.60 bits per heavy atom. The maximum absolute atomic E-state index is 12.6. The van der Waals surface area contributed by atoms with Crippen LogP contribution in [0, 0.1) is 0 Å². The van der Waals surface area contributed by atoms with Crippen molar-refractivity contribution < 1.29 is 14.7 Å². The summed E-state index contributed by atoms with van der Waals surface area (Å²) in [6.45, 7) is 0. The number of carbonyl (C=O) groups is 2. The molecule has 0 saturated carbocycles. The number of benzene rings is 2. The van der Waals surface area contributed by atoms with Crippen molar-refractivity contribution in [3.8, 4) is 0 Å². The highest BCUT2D eigenvalue weighted by Gasteiger charge is 2.23. The van der Waals surface area contributed by atoms with Crippen molar-refractivity contribution in [3.63, 3.8) is 0 Å². The molecule has 0 spiro atoms. The van der Waals surface area contributed by atoms with Gasteiger partial charge in [0.15, 0.2) is 0 Å². The van der Waals surface area contributed by atoms with Crippen LogP contribution in [0.2, 0.25) is 5.02 Å². The summed E-state index contributed by atoms with van der Waals surface area (Å²) in [6.07, 6.45) is 1.69. The molecule has 0 aliphatic rings. The monoisotopic (exact) mass is 354 g/mol. The van der Waals surface area contributed by atoms with Crippen molar-refractivity contribution in [2.75, 3.05) is 0 Å². The zero-order valence-corrected chi connectivity index (χ0v) is 13.9. The van der Waals surface area contributed by atoms with Crippen LogP contribution in [-0.4, -0.2) is 28.0 Å². The Bertz CT molecular complexity index is 937. The number of nitrogens with zero attached hydrogens (tertiary/aromatic N) is 1. The number of carboxylic acids is 1. The van der Waals surface area contributed by atoms with E-state index in [4.69, 9.17) is 11.6 Å². The Labute approximate surface area is 149 Å². The van der Waals surface area contributed by atoms with Crippen LogP contribution in [0.4, 0.5) is 0 Å². The van der Waals surface area contributed by atoms with Crippen molar-refractivity contribution in [2.24, 2.45) is 0 Å². The van der Waals surface area contributed by atoms with E-state index in [-0.39, 0.29) is 6.42 Å². The predicted molar refractivity (Wildman–Crippen MR) is 95.8 cm³/mol. The molecule has 2 aromatic carbocycles. The van der Waals surface area contributed by atoms with Gasteiger partial charge in [0.2, 0.25) is 0 Å². The summed E-state index contributed by atoms with van der Waals surface area (Å²) in [5.74, 6) is -1.61. The lowest BCUT2D eigenvalue weighted by Gasteiger charge is -2.16. The number of para-hydroxylation sites is 1. The Hall–Kier alpha value is -2.92. The van der Waals surface area contributed by atoms with Crippen LogP contribution in [0.25, 0.3) is 10.9 Å². The first-order valence-electron chi connectivity index (χ1n) is 7.67. The molecule has 25 heavy (non-hydrogen) atoms. The number of aliphatic carboxylic acids is 1. The summed E-state index contributed by atoms with van der Waals surface area (Å²) >= 11 is 6.09. The average molecular weight is 355 g/mol. The highest BCUT2D eigenvalue weighted by atomic mass is 35.5. The molecule has 3 aromatic rings. The SMILES string of the molecule is O=C(N[C@@H](Cc1ccccc1Cl)C(=O)O)c1cccc2cccnc12. The zero-order valence-electron chi connectivity index (χ0n) is 13.1. The number of rotatable bonds is 5. The number of hydrogen-bond acceptors (Lipinski definition) is 3. The molecule has 0 bridgehead atoms. The van der Waals surface area contributed by atoms with Crippen molar-refractivity contribution in [1.82, 2.24) is 10.3 Å². The van der Waals surface area contributed by atoms with Crippen LogP contribution < -0.4 is 5.32 Å². The topological polar surface area (TPSA) is 79.3 Å². The standard InChI is InChI=1S/C19H15ClN2O3/c20-15-9-2-1-5-13(15)11-16(19(24)25)22-18(23)14-8-3-6-12-7-4-10-21-17(12)14/h1-10,16H,11H2,(H,22,23)(H,24,25)/t16-/m0/s1. The van der Waals surface area contributed by atoms with Gasteiger partial charge in [-0.15, -0.1) is 0 Å². The summed E-state index contributed by atoms with van der Waals surface area (Å²) in [7, 11) is 0. The fourth-order valence-corrected chi connectivity index (χ4v) is 2.82. The van der Waals surface area contributed by atoms with Crippen molar-refractivity contribution in [3.05, 3.63) is 76.9 Å². The van der Waals surface area contributed by atoms with Gasteiger partial charge in [-0.05, 0) is 23.8 Å². The van der Waals surface area contributed by atoms with E-state index in [0.717, 1.165) is 5.39 Å². The van der Waals surface area contributed by atoms with Gasteiger partial charge in [0.1, 0.15) is 6.04 Å². The lowest BCUT2D eigenvalue weighted by atomic mass is 10.0. The molecule has 0 aliphatic carbocycles. The van der Waals surface area contributed by atoms with Crippen molar-refractivity contribution in [1.29, 1.82) is 0 Å². The predicted octanol–water partition coefficient (Wildman–Crippen LogP) is 3.31. The normalized spacial score (nSPS) is 11.9. The number of hydrogen-bond donors (Lipinski definition) is 2. The van der Waals surface area contributed by atoms with E-state index in [1.165, 1.54) is 0 Å². The van der Waals surface area contributed by atoms with Crippen LogP contribution in [-0.2, 0) is 11.2 Å². The lowest BCUT2D eigenvalue weighted by Crippen LogP contribution is -2.42. The molecular formula is C19H15ClN2O3. The van der Waals surface area contributed by atoms with Gasteiger partial charge in [-0.1, -0.05) is 48.0 Å². The number of amides is 1. The first-order valence-corrected chi connectivity index (χ1v) is 8.05. The van der Waals surface area contributed by atoms with E-state index in [0.29, 0.717) is 21.7 Å². The zero-order chi connectivity index (χ0) is 17.8. The summed E-state index contributed by atoms with van der Waals surface area (Å²) in [5.41, 5.74) is 1.53. The molecule has 6 heteroatoms. The van der Waals surface area contributed by atoms with Gasteiger partial charge in [0.05, 0.1) is 11.1 Å². The van der Waals surface area contributed by atoms with Crippen LogP contribution >= 0.6 is 11.6 Å². The molecule has 5 nitrogen and oxygen atoms in total. The number of nitrogens with one attached hydrogen (secondary N) is 1. The molecule has 1 atom stereocenters. The Morgan fingerprint density at radius 2 is 1.84 bits per heavy atom. The second kappa shape index (κ2) is 7.32. The van der Waals surface area contributed by atoms with Gasteiger partial charge < -0.3 is 10.4 Å². The van der Waals surface area contributed by atoms with Gasteiger partial charge >= 0.3 is 5.97 Å². The highest BCUT2D eigenvalue weighted by molar-refractivity contribution is 6.31. The molecule has 2 N–H and O–H groups in total. The lowest BCUT2D eigenvalue weighted by molar-refractivity contribution is -0.139. The number of halogens is 1. The first kappa shape index (κ1) is 16.9. The highest BCUT2D eigenvalue weighted by Crippen LogP contribution is 2.18. The fraction of sp³-hybridized carbons (Fsp3) is 0.105. The van der Waals surface area contributed by atoms with Gasteiger partial charge in [0, 0.05) is 23.0 Å². The van der Waals surface area contributed by atoms with Crippen molar-refractivity contribution >= 4 is 34.4 Å². The first-order chi connectivity index (χ1) is 12.1. The minimum Gasteiger partial charge on any atom is -0.480 e. The second-order valence-electron chi connectivity index (χ2n) is 5.54. The number of carbonyl (C=O) groups excluding carboxylic acids is 1. The number of aromatic nitrogens is 1. The van der Waals surface area contributed by atoms with Gasteiger partial charge in [0.25, 0.3) is 5.91 Å². The van der Waals surface area contributed by atoms with Crippen LogP contribution in [0.1, 0.15) is 15.9 Å². The second-order valence-corrected chi connectivity index (χ2v) is 5.95. The van der Waals surface area contributed by atoms with E-state index in [1.54, 1.807) is 48.7 Å². The molecule has 1 heterocycles. The molecular weight excluding hydrogens is 340 g/mol. The molecule has 3 rings (SSSR count). The summed E-state index contributed by atoms with van der Waals surface area (Å²) in [4.78, 5) is 28.4. The largest absolute Gasteiger partial charge is 0.480 e. The minimum atomic E-state index is -1.12. The average Bonchev–Trinajstić information content (AvgIpc) is 2.62. The maximum Gasteiger partial charge on any atom is 0.326 e. The summed E-state index contributed by atoms with van der Waals surface area (Å²) in [6, 6.07) is 14.7. The van der Waals surface area contributed by atoms with Crippen LogP contribution in [0.3, 0.4) is 0 Å². The molecule has 0 fully saturated rings. The molecule has 126 valence electrons. The van der Waals surface area contributed by atoms with Crippen LogP contribution in [0.15, 0.2) is 60.8 Å². The van der Waals surface area contributed by atoms with Crippen LogP contribution in [0.5, 0.6) is 0 Å². The smallest absolute Gasteiger partial charge is 0.326 e. The Kier molecular flexibility index (Phi) is 4.95. The van der Waals surface area contributed by atoms with E-state index in [9.17, 15) is 14.7 Å². The third kappa shape index (κ3) is 3.78. The molecule has 1 amide bonds.